The summed E-state index contributed by atoms with van der Waals surface area (Å²) in [5, 5.41) is 4.85. The molecule has 0 spiro atoms. The van der Waals surface area contributed by atoms with Crippen LogP contribution in [-0.2, 0) is 21.3 Å². The van der Waals surface area contributed by atoms with E-state index >= 15 is 0 Å². The third-order valence-corrected chi connectivity index (χ3v) is 9.40. The predicted octanol–water partition coefficient (Wildman–Crippen LogP) is 4.25. The van der Waals surface area contributed by atoms with Gasteiger partial charge in [-0.25, -0.2) is 13.4 Å². The molecule has 2 aromatic carbocycles. The van der Waals surface area contributed by atoms with E-state index < -0.39 is 10.0 Å². The van der Waals surface area contributed by atoms with Crippen molar-refractivity contribution in [2.75, 3.05) is 24.5 Å². The number of benzene rings is 2. The van der Waals surface area contributed by atoms with Gasteiger partial charge in [-0.05, 0) is 75.2 Å². The minimum absolute atomic E-state index is 0.157. The summed E-state index contributed by atoms with van der Waals surface area (Å²) in [7, 11) is -3.70. The van der Waals surface area contributed by atoms with Gasteiger partial charge >= 0.3 is 0 Å². The van der Waals surface area contributed by atoms with E-state index in [0.717, 1.165) is 21.3 Å². The van der Waals surface area contributed by atoms with Crippen molar-refractivity contribution in [3.63, 3.8) is 0 Å². The SMILES string of the molecule is Cc1cc(C)c2nc(N(CCn3cccn3)C(=O)c3ccc(S(=O)(=O)N4CC(C)OC(C)C4)cc3)sc2c1. The second kappa shape index (κ2) is 10.6. The van der Waals surface area contributed by atoms with Gasteiger partial charge in [0.2, 0.25) is 10.0 Å². The lowest BCUT2D eigenvalue weighted by atomic mass is 10.1. The number of anilines is 1. The van der Waals surface area contributed by atoms with Gasteiger partial charge in [0.05, 0.1) is 33.9 Å². The number of rotatable bonds is 7. The van der Waals surface area contributed by atoms with Crippen molar-refractivity contribution >= 4 is 42.6 Å². The topological polar surface area (TPSA) is 97.6 Å². The average molecular weight is 554 g/mol. The Labute approximate surface area is 226 Å². The molecule has 1 aliphatic rings. The molecule has 1 amide bonds. The summed E-state index contributed by atoms with van der Waals surface area (Å²) in [5.74, 6) is -0.247. The Morgan fingerprint density at radius 3 is 2.50 bits per heavy atom. The Hall–Kier alpha value is -3.12. The minimum Gasteiger partial charge on any atom is -0.373 e. The molecular formula is C27H31N5O4S2. The highest BCUT2D eigenvalue weighted by atomic mass is 32.2. The summed E-state index contributed by atoms with van der Waals surface area (Å²) in [5.41, 5.74) is 3.46. The van der Waals surface area contributed by atoms with E-state index in [0.29, 0.717) is 36.9 Å². The number of amides is 1. The van der Waals surface area contributed by atoms with E-state index in [4.69, 9.17) is 9.72 Å². The summed E-state index contributed by atoms with van der Waals surface area (Å²) >= 11 is 1.47. The van der Waals surface area contributed by atoms with E-state index in [-0.39, 0.29) is 23.0 Å². The second-order valence-electron chi connectivity index (χ2n) is 9.75. The van der Waals surface area contributed by atoms with Crippen molar-refractivity contribution < 1.29 is 17.9 Å². The van der Waals surface area contributed by atoms with Crippen molar-refractivity contribution in [3.05, 3.63) is 71.5 Å². The van der Waals surface area contributed by atoms with Crippen LogP contribution in [0.2, 0.25) is 0 Å². The van der Waals surface area contributed by atoms with Gasteiger partial charge in [0.1, 0.15) is 0 Å². The molecule has 1 fully saturated rings. The molecule has 5 rings (SSSR count). The number of fused-ring (bicyclic) bond motifs is 1. The Morgan fingerprint density at radius 1 is 1.13 bits per heavy atom. The lowest BCUT2D eigenvalue weighted by molar-refractivity contribution is -0.0440. The smallest absolute Gasteiger partial charge is 0.260 e. The fourth-order valence-corrected chi connectivity index (χ4v) is 7.55. The molecule has 11 heteroatoms. The second-order valence-corrected chi connectivity index (χ2v) is 12.7. The van der Waals surface area contributed by atoms with Gasteiger partial charge in [-0.1, -0.05) is 17.4 Å². The minimum atomic E-state index is -3.70. The highest BCUT2D eigenvalue weighted by Gasteiger charge is 2.32. The van der Waals surface area contributed by atoms with E-state index in [1.54, 1.807) is 27.9 Å². The summed E-state index contributed by atoms with van der Waals surface area (Å²) < 4.78 is 36.4. The molecule has 1 aliphatic heterocycles. The van der Waals surface area contributed by atoms with Crippen LogP contribution in [0.4, 0.5) is 5.13 Å². The number of nitrogens with zero attached hydrogens (tertiary/aromatic N) is 5. The lowest BCUT2D eigenvalue weighted by Gasteiger charge is -2.34. The van der Waals surface area contributed by atoms with Crippen molar-refractivity contribution in [1.82, 2.24) is 19.1 Å². The van der Waals surface area contributed by atoms with Crippen molar-refractivity contribution in [3.8, 4) is 0 Å². The zero-order valence-corrected chi connectivity index (χ0v) is 23.5. The standard InChI is InChI=1S/C27H31N5O4S2/c1-18-14-19(2)25-24(15-18)37-27(29-25)32(13-12-30-11-5-10-28-30)26(33)22-6-8-23(9-7-22)38(34,35)31-16-20(3)36-21(4)17-31/h5-11,14-15,20-21H,12-13,16-17H2,1-4H3. The molecular weight excluding hydrogens is 522 g/mol. The number of morpholine rings is 1. The third-order valence-electron chi connectivity index (χ3n) is 6.53. The van der Waals surface area contributed by atoms with Crippen molar-refractivity contribution in [2.45, 2.75) is 51.3 Å². The molecule has 4 aromatic rings. The molecule has 2 atom stereocenters. The number of sulfonamides is 1. The first kappa shape index (κ1) is 26.5. The van der Waals surface area contributed by atoms with Crippen molar-refractivity contribution in [1.29, 1.82) is 0 Å². The first-order valence-corrected chi connectivity index (χ1v) is 14.8. The Bertz CT molecular complexity index is 1540. The largest absolute Gasteiger partial charge is 0.373 e. The van der Waals surface area contributed by atoms with Gasteiger partial charge in [0, 0.05) is 37.6 Å². The third kappa shape index (κ3) is 5.37. The monoisotopic (exact) mass is 553 g/mol. The van der Waals surface area contributed by atoms with Crippen LogP contribution in [0.3, 0.4) is 0 Å². The van der Waals surface area contributed by atoms with Gasteiger partial charge in [-0.3, -0.25) is 14.4 Å². The number of aryl methyl sites for hydroxylation is 2. The molecule has 9 nitrogen and oxygen atoms in total. The van der Waals surface area contributed by atoms with Gasteiger partial charge in [0.15, 0.2) is 5.13 Å². The number of hydrogen-bond acceptors (Lipinski definition) is 7. The van der Waals surface area contributed by atoms with Crippen LogP contribution in [-0.4, -0.2) is 65.2 Å². The molecule has 3 heterocycles. The first-order chi connectivity index (χ1) is 18.1. The maximum absolute atomic E-state index is 13.8. The number of carbonyl (C=O) groups excluding carboxylic acids is 1. The van der Waals surface area contributed by atoms with Crippen LogP contribution >= 0.6 is 11.3 Å². The zero-order valence-electron chi connectivity index (χ0n) is 21.9. The Morgan fingerprint density at radius 2 is 1.84 bits per heavy atom. The van der Waals surface area contributed by atoms with Crippen LogP contribution in [0, 0.1) is 13.8 Å². The van der Waals surface area contributed by atoms with Crippen molar-refractivity contribution in [2.24, 2.45) is 0 Å². The number of aromatic nitrogens is 3. The van der Waals surface area contributed by atoms with E-state index in [2.05, 4.69) is 17.2 Å². The summed E-state index contributed by atoms with van der Waals surface area (Å²) in [4.78, 5) is 20.4. The van der Waals surface area contributed by atoms with Gasteiger partial charge in [-0.15, -0.1) is 0 Å². The molecule has 0 bridgehead atoms. The predicted molar refractivity (Wildman–Crippen MR) is 148 cm³/mol. The van der Waals surface area contributed by atoms with Crippen LogP contribution in [0.25, 0.3) is 10.2 Å². The Kier molecular flexibility index (Phi) is 7.36. The fraction of sp³-hybridized carbons (Fsp3) is 0.370. The first-order valence-electron chi connectivity index (χ1n) is 12.5. The highest BCUT2D eigenvalue weighted by Crippen LogP contribution is 2.32. The fourth-order valence-electron chi connectivity index (χ4n) is 4.79. The number of hydrogen-bond donors (Lipinski definition) is 0. The number of ether oxygens (including phenoxy) is 1. The quantitative estimate of drug-likeness (QED) is 0.339. The van der Waals surface area contributed by atoms with E-state index in [9.17, 15) is 13.2 Å². The lowest BCUT2D eigenvalue weighted by Crippen LogP contribution is -2.48. The molecule has 2 aromatic heterocycles. The van der Waals surface area contributed by atoms with Crippen LogP contribution in [0.1, 0.15) is 35.3 Å². The van der Waals surface area contributed by atoms with E-state index in [1.807, 2.05) is 40.0 Å². The Balaban J connectivity index is 1.44. The maximum atomic E-state index is 13.8. The molecule has 2 unspecified atom stereocenters. The highest BCUT2D eigenvalue weighted by molar-refractivity contribution is 7.89. The van der Waals surface area contributed by atoms with Crippen LogP contribution < -0.4 is 4.90 Å². The molecule has 1 saturated heterocycles. The van der Waals surface area contributed by atoms with E-state index in [1.165, 1.54) is 27.8 Å². The van der Waals surface area contributed by atoms with Crippen LogP contribution in [0.5, 0.6) is 0 Å². The molecule has 200 valence electrons. The van der Waals surface area contributed by atoms with Crippen LogP contribution in [0.15, 0.2) is 59.8 Å². The number of thiazole rings is 1. The van der Waals surface area contributed by atoms with Gasteiger partial charge in [-0.2, -0.15) is 9.40 Å². The van der Waals surface area contributed by atoms with Gasteiger partial charge < -0.3 is 4.74 Å². The average Bonchev–Trinajstić information content (AvgIpc) is 3.54. The zero-order chi connectivity index (χ0) is 27.0. The summed E-state index contributed by atoms with van der Waals surface area (Å²) in [6, 6.07) is 12.2. The molecule has 38 heavy (non-hydrogen) atoms. The molecule has 0 saturated carbocycles. The molecule has 0 aliphatic carbocycles. The summed E-state index contributed by atoms with van der Waals surface area (Å²) in [6.45, 7) is 9.24. The maximum Gasteiger partial charge on any atom is 0.260 e. The normalized spacial score (nSPS) is 18.6. The molecule has 0 N–H and O–H groups in total. The number of carbonyl (C=O) groups is 1. The molecule has 0 radical (unpaired) electrons. The van der Waals surface area contributed by atoms with Gasteiger partial charge in [0.25, 0.3) is 5.91 Å². The summed E-state index contributed by atoms with van der Waals surface area (Å²) in [6.07, 6.45) is 3.19.